The van der Waals surface area contributed by atoms with E-state index >= 15 is 0 Å². The zero-order valence-corrected chi connectivity index (χ0v) is 8.67. The zero-order chi connectivity index (χ0) is 10.0. The molecule has 7 heteroatoms. The summed E-state index contributed by atoms with van der Waals surface area (Å²) in [5.41, 5.74) is -2.46. The maximum absolute atomic E-state index is 12.3. The molecule has 0 unspecified atom stereocenters. The van der Waals surface area contributed by atoms with E-state index in [0.29, 0.717) is 0 Å². The van der Waals surface area contributed by atoms with Crippen LogP contribution in [-0.2, 0) is 0 Å². The molecule has 72 valence electrons. The van der Waals surface area contributed by atoms with Gasteiger partial charge in [0.1, 0.15) is 5.41 Å². The molecule has 0 nitrogen and oxygen atoms in total. The SMILES string of the molecule is CC1(C(F)(F)F)C(Cl)(Cl)C1(Cl)Cl. The van der Waals surface area contributed by atoms with Crippen molar-refractivity contribution in [2.75, 3.05) is 0 Å². The molecule has 0 bridgehead atoms. The van der Waals surface area contributed by atoms with E-state index in [4.69, 9.17) is 46.4 Å². The lowest BCUT2D eigenvalue weighted by Crippen LogP contribution is -2.28. The van der Waals surface area contributed by atoms with Gasteiger partial charge in [-0.15, -0.1) is 0 Å². The topological polar surface area (TPSA) is 0 Å². The Kier molecular flexibility index (Phi) is 2.12. The standard InChI is InChI=1S/C5H3Cl4F3/c1-2(5(10,11)12)3(6,7)4(2,8)9/h1H3. The van der Waals surface area contributed by atoms with Crippen molar-refractivity contribution >= 4 is 46.4 Å². The molecule has 0 heterocycles. The summed E-state index contributed by atoms with van der Waals surface area (Å²) in [6.45, 7) is 0.785. The summed E-state index contributed by atoms with van der Waals surface area (Å²) in [6.07, 6.45) is -4.61. The third-order valence-corrected chi connectivity index (χ3v) is 5.19. The smallest absolute Gasteiger partial charge is 0.170 e. The summed E-state index contributed by atoms with van der Waals surface area (Å²) in [7, 11) is 0. The Morgan fingerprint density at radius 3 is 1.17 bits per heavy atom. The summed E-state index contributed by atoms with van der Waals surface area (Å²) >= 11 is 21.2. The van der Waals surface area contributed by atoms with E-state index in [1.54, 1.807) is 0 Å². The fraction of sp³-hybridized carbons (Fsp3) is 1.00. The number of halogens is 7. The highest BCUT2D eigenvalue weighted by Gasteiger charge is 2.93. The Hall–Kier alpha value is 0.950. The van der Waals surface area contributed by atoms with Crippen molar-refractivity contribution in [1.82, 2.24) is 0 Å². The molecule has 0 aromatic carbocycles. The van der Waals surface area contributed by atoms with Gasteiger partial charge in [-0.05, 0) is 6.92 Å². The minimum atomic E-state index is -4.61. The fourth-order valence-corrected chi connectivity index (χ4v) is 2.66. The molecule has 0 aromatic heterocycles. The molecule has 0 aliphatic heterocycles. The van der Waals surface area contributed by atoms with Crippen LogP contribution in [0.2, 0.25) is 0 Å². The zero-order valence-electron chi connectivity index (χ0n) is 5.65. The summed E-state index contributed by atoms with van der Waals surface area (Å²) in [4.78, 5) is 0. The van der Waals surface area contributed by atoms with Crippen molar-refractivity contribution in [3.05, 3.63) is 0 Å². The van der Waals surface area contributed by atoms with Gasteiger partial charge in [-0.3, -0.25) is 0 Å². The summed E-state index contributed by atoms with van der Waals surface area (Å²) in [5, 5.41) is 0. The number of hydrogen-bond donors (Lipinski definition) is 0. The summed E-state index contributed by atoms with van der Waals surface area (Å²) in [6, 6.07) is 0. The lowest BCUT2D eigenvalue weighted by atomic mass is 10.1. The van der Waals surface area contributed by atoms with Crippen LogP contribution in [0.5, 0.6) is 0 Å². The first-order valence-electron chi connectivity index (χ1n) is 2.82. The van der Waals surface area contributed by atoms with Crippen LogP contribution in [0.3, 0.4) is 0 Å². The van der Waals surface area contributed by atoms with Gasteiger partial charge in [-0.1, -0.05) is 46.4 Å². The molecule has 0 aromatic rings. The van der Waals surface area contributed by atoms with Crippen LogP contribution in [0.4, 0.5) is 13.2 Å². The third kappa shape index (κ3) is 0.887. The van der Waals surface area contributed by atoms with Crippen LogP contribution in [-0.4, -0.2) is 14.8 Å². The predicted octanol–water partition coefficient (Wildman–Crippen LogP) is 3.92. The van der Waals surface area contributed by atoms with Gasteiger partial charge in [0.05, 0.1) is 0 Å². The summed E-state index contributed by atoms with van der Waals surface area (Å²) in [5.74, 6) is 0. The van der Waals surface area contributed by atoms with Gasteiger partial charge < -0.3 is 0 Å². The maximum atomic E-state index is 12.3. The normalized spacial score (nSPS) is 30.0. The van der Waals surface area contributed by atoms with Crippen LogP contribution in [0.15, 0.2) is 0 Å². The van der Waals surface area contributed by atoms with Crippen molar-refractivity contribution in [2.45, 2.75) is 21.8 Å². The molecule has 0 amide bonds. The molecule has 1 fully saturated rings. The Morgan fingerprint density at radius 1 is 0.917 bits per heavy atom. The first-order chi connectivity index (χ1) is 5.00. The Morgan fingerprint density at radius 2 is 1.17 bits per heavy atom. The van der Waals surface area contributed by atoms with Crippen molar-refractivity contribution < 1.29 is 13.2 Å². The average Bonchev–Trinajstić information content (AvgIpc) is 2.09. The number of alkyl halides is 7. The molecule has 0 radical (unpaired) electrons. The first-order valence-corrected chi connectivity index (χ1v) is 4.33. The predicted molar refractivity (Wildman–Crippen MR) is 43.0 cm³/mol. The molecule has 0 spiro atoms. The second-order valence-corrected chi connectivity index (χ2v) is 5.43. The number of rotatable bonds is 0. The highest BCUT2D eigenvalue weighted by molar-refractivity contribution is 6.69. The molecule has 0 N–H and O–H groups in total. The van der Waals surface area contributed by atoms with E-state index in [2.05, 4.69) is 0 Å². The van der Waals surface area contributed by atoms with Crippen LogP contribution in [0.25, 0.3) is 0 Å². The first kappa shape index (κ1) is 11.0. The largest absolute Gasteiger partial charge is 0.400 e. The van der Waals surface area contributed by atoms with E-state index in [1.807, 2.05) is 0 Å². The molecular weight excluding hydrogens is 259 g/mol. The van der Waals surface area contributed by atoms with E-state index in [0.717, 1.165) is 6.92 Å². The minimum absolute atomic E-state index is 0.785. The lowest BCUT2D eigenvalue weighted by molar-refractivity contribution is -0.182. The Labute approximate surface area is 86.9 Å². The highest BCUT2D eigenvalue weighted by atomic mass is 35.5. The van der Waals surface area contributed by atoms with Crippen molar-refractivity contribution in [1.29, 1.82) is 0 Å². The van der Waals surface area contributed by atoms with Gasteiger partial charge in [0.15, 0.2) is 8.67 Å². The van der Waals surface area contributed by atoms with E-state index in [9.17, 15) is 13.2 Å². The van der Waals surface area contributed by atoms with Gasteiger partial charge in [-0.25, -0.2) is 0 Å². The van der Waals surface area contributed by atoms with Gasteiger partial charge in [-0.2, -0.15) is 13.2 Å². The van der Waals surface area contributed by atoms with Crippen LogP contribution in [0, 0.1) is 5.41 Å². The van der Waals surface area contributed by atoms with Crippen molar-refractivity contribution in [3.8, 4) is 0 Å². The van der Waals surface area contributed by atoms with Crippen molar-refractivity contribution in [3.63, 3.8) is 0 Å². The molecule has 12 heavy (non-hydrogen) atoms. The quantitative estimate of drug-likeness (QED) is 0.580. The molecule has 0 saturated heterocycles. The molecule has 1 rings (SSSR count). The van der Waals surface area contributed by atoms with Gasteiger partial charge >= 0.3 is 6.18 Å². The fourth-order valence-electron chi connectivity index (χ4n) is 0.899. The highest BCUT2D eigenvalue weighted by Crippen LogP contribution is 2.82. The molecule has 1 aliphatic rings. The lowest BCUT2D eigenvalue weighted by Gasteiger charge is -2.15. The molecule has 0 atom stereocenters. The monoisotopic (exact) mass is 260 g/mol. The van der Waals surface area contributed by atoms with Crippen molar-refractivity contribution in [2.24, 2.45) is 5.41 Å². The van der Waals surface area contributed by atoms with E-state index < -0.39 is 20.3 Å². The van der Waals surface area contributed by atoms with Crippen LogP contribution in [0.1, 0.15) is 6.92 Å². The van der Waals surface area contributed by atoms with Crippen LogP contribution >= 0.6 is 46.4 Å². The van der Waals surface area contributed by atoms with Gasteiger partial charge in [0, 0.05) is 0 Å². The number of hydrogen-bond acceptors (Lipinski definition) is 0. The summed E-state index contributed by atoms with van der Waals surface area (Å²) < 4.78 is 32.5. The van der Waals surface area contributed by atoms with E-state index in [-0.39, 0.29) is 0 Å². The molecule has 1 aliphatic carbocycles. The third-order valence-electron chi connectivity index (χ3n) is 2.15. The second-order valence-electron chi connectivity index (χ2n) is 2.77. The van der Waals surface area contributed by atoms with Crippen LogP contribution < -0.4 is 0 Å². The minimum Gasteiger partial charge on any atom is -0.170 e. The molecular formula is C5H3Cl4F3. The van der Waals surface area contributed by atoms with Gasteiger partial charge in [0.2, 0.25) is 0 Å². The van der Waals surface area contributed by atoms with E-state index in [1.165, 1.54) is 0 Å². The molecule has 1 saturated carbocycles. The Bertz CT molecular complexity index is 205. The Balaban J connectivity index is 3.09. The second kappa shape index (κ2) is 2.30. The maximum Gasteiger partial charge on any atom is 0.400 e. The van der Waals surface area contributed by atoms with Gasteiger partial charge in [0.25, 0.3) is 0 Å². The average molecular weight is 262 g/mol.